The highest BCUT2D eigenvalue weighted by atomic mass is 32.2. The highest BCUT2D eigenvalue weighted by Gasteiger charge is 2.30. The van der Waals surface area contributed by atoms with Gasteiger partial charge in [-0.25, -0.2) is 13.6 Å². The SMILES string of the molecule is NS(=O)(=O)C1CCCN(C(=O)CSc2ccccc2)C1. The van der Waals surface area contributed by atoms with Crippen LogP contribution in [0.15, 0.2) is 35.2 Å². The molecular formula is C13H18N2O3S2. The van der Waals surface area contributed by atoms with E-state index in [4.69, 9.17) is 5.14 Å². The number of amides is 1. The Morgan fingerprint density at radius 2 is 2.05 bits per heavy atom. The topological polar surface area (TPSA) is 80.5 Å². The van der Waals surface area contributed by atoms with E-state index in [1.165, 1.54) is 11.8 Å². The maximum absolute atomic E-state index is 12.1. The largest absolute Gasteiger partial charge is 0.341 e. The fraction of sp³-hybridized carbons (Fsp3) is 0.462. The predicted molar refractivity (Wildman–Crippen MR) is 79.9 cm³/mol. The summed E-state index contributed by atoms with van der Waals surface area (Å²) >= 11 is 1.46. The number of nitrogens with two attached hydrogens (primary N) is 1. The number of carbonyl (C=O) groups is 1. The minimum Gasteiger partial charge on any atom is -0.341 e. The molecule has 0 bridgehead atoms. The van der Waals surface area contributed by atoms with E-state index in [-0.39, 0.29) is 12.5 Å². The Hall–Kier alpha value is -1.05. The number of hydrogen-bond donors (Lipinski definition) is 1. The number of sulfonamides is 1. The van der Waals surface area contributed by atoms with Gasteiger partial charge in [-0.2, -0.15) is 0 Å². The molecule has 5 nitrogen and oxygen atoms in total. The monoisotopic (exact) mass is 314 g/mol. The first-order valence-electron chi connectivity index (χ1n) is 6.44. The Bertz CT molecular complexity index is 560. The molecule has 1 aromatic rings. The Morgan fingerprint density at radius 1 is 1.35 bits per heavy atom. The van der Waals surface area contributed by atoms with Gasteiger partial charge in [-0.3, -0.25) is 4.79 Å². The molecule has 110 valence electrons. The van der Waals surface area contributed by atoms with Crippen LogP contribution in [0.4, 0.5) is 0 Å². The van der Waals surface area contributed by atoms with E-state index in [0.29, 0.717) is 25.1 Å². The first-order chi connectivity index (χ1) is 9.47. The molecule has 2 rings (SSSR count). The second-order valence-electron chi connectivity index (χ2n) is 4.79. The van der Waals surface area contributed by atoms with Crippen LogP contribution in [-0.4, -0.2) is 43.3 Å². The average Bonchev–Trinajstić information content (AvgIpc) is 2.45. The van der Waals surface area contributed by atoms with Gasteiger partial charge in [0.2, 0.25) is 15.9 Å². The van der Waals surface area contributed by atoms with Crippen molar-refractivity contribution in [3.05, 3.63) is 30.3 Å². The van der Waals surface area contributed by atoms with Crippen LogP contribution in [0.25, 0.3) is 0 Å². The number of likely N-dealkylation sites (tertiary alicyclic amines) is 1. The molecule has 0 spiro atoms. The van der Waals surface area contributed by atoms with Gasteiger partial charge in [-0.1, -0.05) is 18.2 Å². The van der Waals surface area contributed by atoms with Crippen LogP contribution in [0.3, 0.4) is 0 Å². The number of benzene rings is 1. The van der Waals surface area contributed by atoms with Crippen molar-refractivity contribution in [2.45, 2.75) is 23.0 Å². The number of piperidine rings is 1. The van der Waals surface area contributed by atoms with Gasteiger partial charge < -0.3 is 4.90 Å². The maximum Gasteiger partial charge on any atom is 0.232 e. The van der Waals surface area contributed by atoms with Crippen LogP contribution >= 0.6 is 11.8 Å². The average molecular weight is 314 g/mol. The summed E-state index contributed by atoms with van der Waals surface area (Å²) in [6, 6.07) is 9.66. The Labute approximate surface area is 123 Å². The number of hydrogen-bond acceptors (Lipinski definition) is 4. The minimum atomic E-state index is -3.56. The number of carbonyl (C=O) groups excluding carboxylic acids is 1. The summed E-state index contributed by atoms with van der Waals surface area (Å²) in [7, 11) is -3.56. The molecule has 1 fully saturated rings. The molecule has 20 heavy (non-hydrogen) atoms. The van der Waals surface area contributed by atoms with Crippen molar-refractivity contribution in [2.24, 2.45) is 5.14 Å². The highest BCUT2D eigenvalue weighted by molar-refractivity contribution is 8.00. The Kier molecular flexibility index (Phi) is 5.06. The second kappa shape index (κ2) is 6.60. The molecule has 1 saturated heterocycles. The van der Waals surface area contributed by atoms with E-state index in [0.717, 1.165) is 4.90 Å². The van der Waals surface area contributed by atoms with Crippen molar-refractivity contribution in [1.29, 1.82) is 0 Å². The second-order valence-corrected chi connectivity index (χ2v) is 7.69. The fourth-order valence-corrected chi connectivity index (χ4v) is 3.89. The molecule has 7 heteroatoms. The number of primary sulfonamides is 1. The van der Waals surface area contributed by atoms with Gasteiger partial charge in [0.25, 0.3) is 0 Å². The zero-order valence-electron chi connectivity index (χ0n) is 11.1. The lowest BCUT2D eigenvalue weighted by atomic mass is 10.1. The number of nitrogens with zero attached hydrogens (tertiary/aromatic N) is 1. The molecule has 0 aliphatic carbocycles. The highest BCUT2D eigenvalue weighted by Crippen LogP contribution is 2.20. The summed E-state index contributed by atoms with van der Waals surface area (Å²) in [5.41, 5.74) is 0. The van der Waals surface area contributed by atoms with E-state index >= 15 is 0 Å². The van der Waals surface area contributed by atoms with E-state index in [2.05, 4.69) is 0 Å². The van der Waals surface area contributed by atoms with Crippen LogP contribution < -0.4 is 5.14 Å². The Balaban J connectivity index is 1.89. The van der Waals surface area contributed by atoms with Crippen molar-refractivity contribution in [3.8, 4) is 0 Å². The zero-order chi connectivity index (χ0) is 14.6. The van der Waals surface area contributed by atoms with Gasteiger partial charge in [0.1, 0.15) is 0 Å². The zero-order valence-corrected chi connectivity index (χ0v) is 12.7. The molecule has 1 aliphatic heterocycles. The van der Waals surface area contributed by atoms with Gasteiger partial charge in [0.15, 0.2) is 0 Å². The van der Waals surface area contributed by atoms with Gasteiger partial charge in [0.05, 0.1) is 11.0 Å². The van der Waals surface area contributed by atoms with Crippen LogP contribution in [0.5, 0.6) is 0 Å². The standard InChI is InChI=1S/C13H18N2O3S2/c14-20(17,18)12-7-4-8-15(9-12)13(16)10-19-11-5-2-1-3-6-11/h1-3,5-6,12H,4,7-10H2,(H2,14,17,18). The molecule has 0 aromatic heterocycles. The first-order valence-corrected chi connectivity index (χ1v) is 9.03. The van der Waals surface area contributed by atoms with Gasteiger partial charge in [0, 0.05) is 18.0 Å². The fourth-order valence-electron chi connectivity index (χ4n) is 2.19. The summed E-state index contributed by atoms with van der Waals surface area (Å²) in [6.07, 6.45) is 1.22. The van der Waals surface area contributed by atoms with Crippen LogP contribution in [0.2, 0.25) is 0 Å². The third-order valence-electron chi connectivity index (χ3n) is 3.30. The number of thioether (sulfide) groups is 1. The smallest absolute Gasteiger partial charge is 0.232 e. The minimum absolute atomic E-state index is 0.0350. The third kappa shape index (κ3) is 4.22. The van der Waals surface area contributed by atoms with Crippen molar-refractivity contribution in [3.63, 3.8) is 0 Å². The van der Waals surface area contributed by atoms with Crippen LogP contribution in [0.1, 0.15) is 12.8 Å². The van der Waals surface area contributed by atoms with Crippen LogP contribution in [-0.2, 0) is 14.8 Å². The summed E-state index contributed by atoms with van der Waals surface area (Å²) in [5.74, 6) is 0.286. The molecule has 1 atom stereocenters. The van der Waals surface area contributed by atoms with Gasteiger partial charge >= 0.3 is 0 Å². The van der Waals surface area contributed by atoms with Crippen molar-refractivity contribution < 1.29 is 13.2 Å². The summed E-state index contributed by atoms with van der Waals surface area (Å²) in [5, 5.41) is 4.54. The summed E-state index contributed by atoms with van der Waals surface area (Å²) in [6.45, 7) is 0.827. The first kappa shape index (κ1) is 15.3. The van der Waals surface area contributed by atoms with E-state index in [9.17, 15) is 13.2 Å². The molecular weight excluding hydrogens is 296 g/mol. The Morgan fingerprint density at radius 3 is 2.70 bits per heavy atom. The normalized spacial score (nSPS) is 19.9. The summed E-state index contributed by atoms with van der Waals surface area (Å²) < 4.78 is 22.7. The lowest BCUT2D eigenvalue weighted by Crippen LogP contribution is -2.47. The molecule has 1 amide bonds. The van der Waals surface area contributed by atoms with Crippen molar-refractivity contribution in [2.75, 3.05) is 18.8 Å². The quantitative estimate of drug-likeness (QED) is 0.843. The van der Waals surface area contributed by atoms with Crippen molar-refractivity contribution in [1.82, 2.24) is 4.90 Å². The van der Waals surface area contributed by atoms with E-state index in [1.54, 1.807) is 4.90 Å². The third-order valence-corrected chi connectivity index (χ3v) is 5.61. The summed E-state index contributed by atoms with van der Waals surface area (Å²) in [4.78, 5) is 14.7. The molecule has 1 heterocycles. The number of rotatable bonds is 4. The molecule has 1 aromatic carbocycles. The lowest BCUT2D eigenvalue weighted by molar-refractivity contribution is -0.129. The molecule has 1 aliphatic rings. The molecule has 2 N–H and O–H groups in total. The lowest BCUT2D eigenvalue weighted by Gasteiger charge is -2.31. The van der Waals surface area contributed by atoms with Gasteiger partial charge in [-0.15, -0.1) is 11.8 Å². The van der Waals surface area contributed by atoms with Crippen LogP contribution in [0, 0.1) is 0 Å². The van der Waals surface area contributed by atoms with E-state index < -0.39 is 15.3 Å². The molecule has 0 saturated carbocycles. The van der Waals surface area contributed by atoms with Gasteiger partial charge in [-0.05, 0) is 25.0 Å². The van der Waals surface area contributed by atoms with Crippen molar-refractivity contribution >= 4 is 27.7 Å². The molecule has 1 unspecified atom stereocenters. The molecule has 0 radical (unpaired) electrons. The maximum atomic E-state index is 12.1. The predicted octanol–water partition coefficient (Wildman–Crippen LogP) is 1.06. The van der Waals surface area contributed by atoms with E-state index in [1.807, 2.05) is 30.3 Å².